The summed E-state index contributed by atoms with van der Waals surface area (Å²) in [5.74, 6) is 1.03. The van der Waals surface area contributed by atoms with E-state index in [1.807, 2.05) is 6.92 Å². The van der Waals surface area contributed by atoms with Crippen LogP contribution in [0.25, 0.3) is 0 Å². The Hall–Kier alpha value is -0.610. The minimum atomic E-state index is 0.0983. The number of aliphatic hydroxyl groups excluding tert-OH is 1. The highest BCUT2D eigenvalue weighted by Gasteiger charge is 2.33. The average molecular weight is 226 g/mol. The zero-order valence-electron chi connectivity index (χ0n) is 9.91. The molecule has 3 atom stereocenters. The number of nitrogens with one attached hydrogen (secondary N) is 2. The van der Waals surface area contributed by atoms with Crippen LogP contribution < -0.4 is 10.6 Å². The minimum absolute atomic E-state index is 0.0983. The lowest BCUT2D eigenvalue weighted by molar-refractivity contribution is -0.127. The Morgan fingerprint density at radius 2 is 2.25 bits per heavy atom. The molecule has 16 heavy (non-hydrogen) atoms. The van der Waals surface area contributed by atoms with Gasteiger partial charge in [0, 0.05) is 24.5 Å². The second kappa shape index (κ2) is 5.15. The van der Waals surface area contributed by atoms with Crippen LogP contribution in [0, 0.1) is 17.8 Å². The maximum atomic E-state index is 12.0. The van der Waals surface area contributed by atoms with Gasteiger partial charge in [-0.2, -0.15) is 0 Å². The SMILES string of the molecule is CC(C(=O)NC1CCCC1CO)C1CNC1. The van der Waals surface area contributed by atoms with Crippen molar-refractivity contribution in [3.05, 3.63) is 0 Å². The van der Waals surface area contributed by atoms with Crippen molar-refractivity contribution in [2.24, 2.45) is 17.8 Å². The van der Waals surface area contributed by atoms with Crippen LogP contribution in [0.3, 0.4) is 0 Å². The lowest BCUT2D eigenvalue weighted by Gasteiger charge is -2.33. The standard InChI is InChI=1S/C12H22N2O2/c1-8(10-5-13-6-10)12(16)14-11-4-2-3-9(11)7-15/h8-11,13,15H,2-7H2,1H3,(H,14,16). The van der Waals surface area contributed by atoms with Gasteiger partial charge in [0.25, 0.3) is 0 Å². The van der Waals surface area contributed by atoms with Crippen LogP contribution in [0.1, 0.15) is 26.2 Å². The molecular weight excluding hydrogens is 204 g/mol. The molecule has 1 heterocycles. The van der Waals surface area contributed by atoms with Crippen LogP contribution in [-0.2, 0) is 4.79 Å². The first-order valence-corrected chi connectivity index (χ1v) is 6.34. The Morgan fingerprint density at radius 1 is 1.50 bits per heavy atom. The van der Waals surface area contributed by atoms with Crippen LogP contribution in [0.15, 0.2) is 0 Å². The number of carbonyl (C=O) groups excluding carboxylic acids is 1. The smallest absolute Gasteiger partial charge is 0.223 e. The van der Waals surface area contributed by atoms with Crippen molar-refractivity contribution in [3.8, 4) is 0 Å². The second-order valence-electron chi connectivity index (χ2n) is 5.20. The van der Waals surface area contributed by atoms with Crippen LogP contribution in [0.2, 0.25) is 0 Å². The quantitative estimate of drug-likeness (QED) is 0.638. The van der Waals surface area contributed by atoms with E-state index < -0.39 is 0 Å². The second-order valence-corrected chi connectivity index (χ2v) is 5.20. The molecule has 3 unspecified atom stereocenters. The van der Waals surface area contributed by atoms with Gasteiger partial charge in [-0.1, -0.05) is 13.3 Å². The number of carbonyl (C=O) groups is 1. The fourth-order valence-electron chi connectivity index (χ4n) is 2.64. The van der Waals surface area contributed by atoms with Gasteiger partial charge < -0.3 is 15.7 Å². The van der Waals surface area contributed by atoms with Gasteiger partial charge in [0.15, 0.2) is 0 Å². The molecule has 2 aliphatic rings. The monoisotopic (exact) mass is 226 g/mol. The molecule has 3 N–H and O–H groups in total. The van der Waals surface area contributed by atoms with Crippen molar-refractivity contribution in [1.82, 2.24) is 10.6 Å². The maximum absolute atomic E-state index is 12.0. The van der Waals surface area contributed by atoms with E-state index in [9.17, 15) is 9.90 Å². The zero-order valence-corrected chi connectivity index (χ0v) is 9.91. The molecule has 1 aliphatic carbocycles. The molecule has 0 aromatic heterocycles. The first-order valence-electron chi connectivity index (χ1n) is 6.34. The highest BCUT2D eigenvalue weighted by atomic mass is 16.3. The van der Waals surface area contributed by atoms with Crippen molar-refractivity contribution < 1.29 is 9.90 Å². The highest BCUT2D eigenvalue weighted by Crippen LogP contribution is 2.26. The van der Waals surface area contributed by atoms with E-state index >= 15 is 0 Å². The van der Waals surface area contributed by atoms with Gasteiger partial charge in [0.2, 0.25) is 5.91 Å². The Labute approximate surface area is 96.8 Å². The molecular formula is C12H22N2O2. The Kier molecular flexibility index (Phi) is 3.82. The summed E-state index contributed by atoms with van der Waals surface area (Å²) in [5.41, 5.74) is 0. The van der Waals surface area contributed by atoms with Gasteiger partial charge in [-0.15, -0.1) is 0 Å². The van der Waals surface area contributed by atoms with Gasteiger partial charge in [-0.25, -0.2) is 0 Å². The van der Waals surface area contributed by atoms with Gasteiger partial charge in [0.05, 0.1) is 0 Å². The molecule has 0 bridgehead atoms. The summed E-state index contributed by atoms with van der Waals surface area (Å²) in [4.78, 5) is 12.0. The Morgan fingerprint density at radius 3 is 2.81 bits per heavy atom. The summed E-state index contributed by atoms with van der Waals surface area (Å²) in [7, 11) is 0. The molecule has 2 fully saturated rings. The molecule has 0 spiro atoms. The lowest BCUT2D eigenvalue weighted by Crippen LogP contribution is -2.51. The van der Waals surface area contributed by atoms with Crippen molar-refractivity contribution in [2.75, 3.05) is 19.7 Å². The summed E-state index contributed by atoms with van der Waals surface area (Å²) in [5, 5.41) is 15.5. The molecule has 2 rings (SSSR count). The predicted molar refractivity (Wildman–Crippen MR) is 61.9 cm³/mol. The fraction of sp³-hybridized carbons (Fsp3) is 0.917. The summed E-state index contributed by atoms with van der Waals surface area (Å²) in [6.07, 6.45) is 3.18. The topological polar surface area (TPSA) is 61.4 Å². The van der Waals surface area contributed by atoms with E-state index in [0.29, 0.717) is 5.92 Å². The molecule has 1 amide bonds. The average Bonchev–Trinajstić information content (AvgIpc) is 2.62. The number of aliphatic hydroxyl groups is 1. The van der Waals surface area contributed by atoms with E-state index in [2.05, 4.69) is 10.6 Å². The Balaban J connectivity index is 1.81. The van der Waals surface area contributed by atoms with Crippen molar-refractivity contribution in [1.29, 1.82) is 0 Å². The maximum Gasteiger partial charge on any atom is 0.223 e. The van der Waals surface area contributed by atoms with Gasteiger partial charge in [-0.3, -0.25) is 4.79 Å². The van der Waals surface area contributed by atoms with Crippen molar-refractivity contribution in [2.45, 2.75) is 32.2 Å². The molecule has 92 valence electrons. The molecule has 0 aromatic carbocycles. The molecule has 1 aliphatic heterocycles. The van der Waals surface area contributed by atoms with E-state index in [0.717, 1.165) is 32.4 Å². The van der Waals surface area contributed by atoms with Crippen molar-refractivity contribution in [3.63, 3.8) is 0 Å². The third-order valence-electron chi connectivity index (χ3n) is 4.15. The van der Waals surface area contributed by atoms with Crippen LogP contribution >= 0.6 is 0 Å². The van der Waals surface area contributed by atoms with Gasteiger partial charge in [0.1, 0.15) is 0 Å². The molecule has 0 aromatic rings. The third kappa shape index (κ3) is 2.38. The van der Waals surface area contributed by atoms with E-state index in [1.54, 1.807) is 0 Å². The van der Waals surface area contributed by atoms with E-state index in [1.165, 1.54) is 0 Å². The van der Waals surface area contributed by atoms with Gasteiger partial charge in [-0.05, 0) is 31.8 Å². The van der Waals surface area contributed by atoms with Gasteiger partial charge >= 0.3 is 0 Å². The largest absolute Gasteiger partial charge is 0.396 e. The van der Waals surface area contributed by atoms with Crippen LogP contribution in [0.4, 0.5) is 0 Å². The number of rotatable bonds is 4. The zero-order chi connectivity index (χ0) is 11.5. The number of hydrogen-bond acceptors (Lipinski definition) is 3. The normalized spacial score (nSPS) is 32.1. The summed E-state index contributed by atoms with van der Waals surface area (Å²) < 4.78 is 0. The first-order chi connectivity index (χ1) is 7.72. The summed E-state index contributed by atoms with van der Waals surface area (Å²) >= 11 is 0. The number of hydrogen-bond donors (Lipinski definition) is 3. The van der Waals surface area contributed by atoms with E-state index in [4.69, 9.17) is 0 Å². The van der Waals surface area contributed by atoms with Crippen molar-refractivity contribution >= 4 is 5.91 Å². The molecule has 0 radical (unpaired) electrons. The van der Waals surface area contributed by atoms with E-state index in [-0.39, 0.29) is 30.4 Å². The lowest BCUT2D eigenvalue weighted by atomic mass is 9.88. The third-order valence-corrected chi connectivity index (χ3v) is 4.15. The molecule has 4 heteroatoms. The molecule has 1 saturated carbocycles. The van der Waals surface area contributed by atoms with Crippen LogP contribution in [-0.4, -0.2) is 36.8 Å². The molecule has 4 nitrogen and oxygen atoms in total. The fourth-order valence-corrected chi connectivity index (χ4v) is 2.64. The number of amides is 1. The summed E-state index contributed by atoms with van der Waals surface area (Å²) in [6.45, 7) is 4.12. The van der Waals surface area contributed by atoms with Crippen LogP contribution in [0.5, 0.6) is 0 Å². The summed E-state index contributed by atoms with van der Waals surface area (Å²) in [6, 6.07) is 0.202. The minimum Gasteiger partial charge on any atom is -0.396 e. The first kappa shape index (κ1) is 11.9. The highest BCUT2D eigenvalue weighted by molar-refractivity contribution is 5.79. The predicted octanol–water partition coefficient (Wildman–Crippen LogP) is 0.119. The molecule has 1 saturated heterocycles. The Bertz CT molecular complexity index is 253.